The molecule has 0 aromatic carbocycles. The molecule has 0 radical (unpaired) electrons. The first-order valence-electron chi connectivity index (χ1n) is 6.00. The van der Waals surface area contributed by atoms with Crippen LogP contribution < -0.4 is 5.73 Å². The first-order valence-corrected chi connectivity index (χ1v) is 6.00. The zero-order valence-electron chi connectivity index (χ0n) is 10.3. The third-order valence-electron chi connectivity index (χ3n) is 4.02. The van der Waals surface area contributed by atoms with Gasteiger partial charge in [0.15, 0.2) is 0 Å². The van der Waals surface area contributed by atoms with Gasteiger partial charge in [0, 0.05) is 11.5 Å². The van der Waals surface area contributed by atoms with E-state index in [-0.39, 0.29) is 24.6 Å². The van der Waals surface area contributed by atoms with Crippen LogP contribution in [0.5, 0.6) is 0 Å². The van der Waals surface area contributed by atoms with Crippen molar-refractivity contribution in [2.45, 2.75) is 44.8 Å². The zero-order chi connectivity index (χ0) is 12.8. The maximum absolute atomic E-state index is 12.3. The van der Waals surface area contributed by atoms with Crippen molar-refractivity contribution in [2.75, 3.05) is 6.61 Å². The Hall–Kier alpha value is -1.12. The van der Waals surface area contributed by atoms with Crippen molar-refractivity contribution in [2.24, 2.45) is 17.1 Å². The Morgan fingerprint density at radius 3 is 2.82 bits per heavy atom. The Bertz CT molecular complexity index is 374. The molecule has 2 fully saturated rings. The number of piperidine rings is 1. The SMILES string of the molecule is CC(C)(CO)[C@H](N)C(=O)N1C2C[C@H]2C[C@H]1C#N. The van der Waals surface area contributed by atoms with E-state index in [1.165, 1.54) is 0 Å². The predicted molar refractivity (Wildman–Crippen MR) is 61.6 cm³/mol. The summed E-state index contributed by atoms with van der Waals surface area (Å²) in [5.74, 6) is 0.300. The number of carbonyl (C=O) groups excluding carboxylic acids is 1. The van der Waals surface area contributed by atoms with Gasteiger partial charge in [-0.3, -0.25) is 4.79 Å². The number of fused-ring (bicyclic) bond motifs is 1. The van der Waals surface area contributed by atoms with Gasteiger partial charge in [-0.1, -0.05) is 13.8 Å². The third kappa shape index (κ3) is 1.92. The van der Waals surface area contributed by atoms with Crippen LogP contribution in [0.1, 0.15) is 26.7 Å². The molecule has 1 heterocycles. The first kappa shape index (κ1) is 12.3. The normalized spacial score (nSPS) is 32.9. The van der Waals surface area contributed by atoms with E-state index in [2.05, 4.69) is 6.07 Å². The van der Waals surface area contributed by atoms with Crippen molar-refractivity contribution in [3.63, 3.8) is 0 Å². The smallest absolute Gasteiger partial charge is 0.241 e. The van der Waals surface area contributed by atoms with Crippen molar-refractivity contribution in [1.29, 1.82) is 5.26 Å². The van der Waals surface area contributed by atoms with E-state index < -0.39 is 11.5 Å². The number of aliphatic hydroxyl groups excluding tert-OH is 1. The number of carbonyl (C=O) groups is 1. The monoisotopic (exact) mass is 237 g/mol. The molecule has 1 aliphatic carbocycles. The summed E-state index contributed by atoms with van der Waals surface area (Å²) in [6.45, 7) is 3.38. The van der Waals surface area contributed by atoms with Crippen LogP contribution in [-0.4, -0.2) is 40.6 Å². The average Bonchev–Trinajstić information content (AvgIpc) is 2.98. The quantitative estimate of drug-likeness (QED) is 0.714. The van der Waals surface area contributed by atoms with Crippen molar-refractivity contribution < 1.29 is 9.90 Å². The standard InChI is InChI=1S/C12H19N3O2/c1-12(2,6-16)10(14)11(17)15-8(5-13)3-7-4-9(7)15/h7-10,16H,3-4,6,14H2,1-2H3/t7-,8+,9?,10-/m1/s1. The molecule has 3 N–H and O–H groups in total. The molecule has 1 amide bonds. The van der Waals surface area contributed by atoms with Gasteiger partial charge in [-0.15, -0.1) is 0 Å². The van der Waals surface area contributed by atoms with Gasteiger partial charge in [0.1, 0.15) is 6.04 Å². The van der Waals surface area contributed by atoms with E-state index >= 15 is 0 Å². The maximum atomic E-state index is 12.3. The summed E-state index contributed by atoms with van der Waals surface area (Å²) in [6.07, 6.45) is 1.77. The highest BCUT2D eigenvalue weighted by molar-refractivity contribution is 5.84. The minimum Gasteiger partial charge on any atom is -0.396 e. The second kappa shape index (κ2) is 3.97. The van der Waals surface area contributed by atoms with E-state index in [1.54, 1.807) is 18.7 Å². The second-order valence-electron chi connectivity index (χ2n) is 5.81. The molecule has 0 aromatic heterocycles. The summed E-state index contributed by atoms with van der Waals surface area (Å²) in [5, 5.41) is 18.3. The van der Waals surface area contributed by atoms with E-state index in [0.29, 0.717) is 5.92 Å². The second-order valence-corrected chi connectivity index (χ2v) is 5.81. The number of rotatable bonds is 3. The number of hydrogen-bond donors (Lipinski definition) is 2. The van der Waals surface area contributed by atoms with E-state index in [9.17, 15) is 9.90 Å². The van der Waals surface area contributed by atoms with Gasteiger partial charge in [-0.05, 0) is 18.8 Å². The molecule has 0 bridgehead atoms. The fourth-order valence-electron chi connectivity index (χ4n) is 2.48. The topological polar surface area (TPSA) is 90.3 Å². The summed E-state index contributed by atoms with van der Waals surface area (Å²) in [7, 11) is 0. The van der Waals surface area contributed by atoms with Crippen LogP contribution in [0.4, 0.5) is 0 Å². The number of nitrogens with two attached hydrogens (primary N) is 1. The summed E-state index contributed by atoms with van der Waals surface area (Å²) in [6, 6.07) is 1.31. The van der Waals surface area contributed by atoms with Crippen LogP contribution in [0.15, 0.2) is 0 Å². The lowest BCUT2D eigenvalue weighted by Crippen LogP contribution is -2.54. The molecular formula is C12H19N3O2. The van der Waals surface area contributed by atoms with Gasteiger partial charge < -0.3 is 15.7 Å². The first-order chi connectivity index (χ1) is 7.92. The molecule has 4 atom stereocenters. The van der Waals surface area contributed by atoms with Crippen molar-refractivity contribution in [3.8, 4) is 6.07 Å². The van der Waals surface area contributed by atoms with Crippen LogP contribution in [-0.2, 0) is 4.79 Å². The van der Waals surface area contributed by atoms with Gasteiger partial charge in [-0.2, -0.15) is 5.26 Å². The van der Waals surface area contributed by atoms with Crippen LogP contribution in [0, 0.1) is 22.7 Å². The Labute approximate surface area is 101 Å². The summed E-state index contributed by atoms with van der Waals surface area (Å²) >= 11 is 0. The fraction of sp³-hybridized carbons (Fsp3) is 0.833. The Balaban J connectivity index is 2.12. The largest absolute Gasteiger partial charge is 0.396 e. The Kier molecular flexibility index (Phi) is 2.88. The van der Waals surface area contributed by atoms with Crippen molar-refractivity contribution in [1.82, 2.24) is 4.90 Å². The molecule has 2 rings (SSSR count). The number of hydrogen-bond acceptors (Lipinski definition) is 4. The Morgan fingerprint density at radius 2 is 2.29 bits per heavy atom. The molecule has 0 spiro atoms. The molecule has 1 saturated carbocycles. The third-order valence-corrected chi connectivity index (χ3v) is 4.02. The number of aliphatic hydroxyl groups is 1. The molecule has 5 heteroatoms. The molecule has 1 aliphatic heterocycles. The lowest BCUT2D eigenvalue weighted by atomic mass is 9.85. The van der Waals surface area contributed by atoms with Gasteiger partial charge in [0.2, 0.25) is 5.91 Å². The molecule has 1 unspecified atom stereocenters. The van der Waals surface area contributed by atoms with E-state index in [1.807, 2.05) is 0 Å². The lowest BCUT2D eigenvalue weighted by molar-refractivity contribution is -0.137. The van der Waals surface area contributed by atoms with Crippen molar-refractivity contribution >= 4 is 5.91 Å². The number of nitriles is 1. The average molecular weight is 237 g/mol. The van der Waals surface area contributed by atoms with Crippen LogP contribution in [0.2, 0.25) is 0 Å². The summed E-state index contributed by atoms with van der Waals surface area (Å²) < 4.78 is 0. The molecular weight excluding hydrogens is 218 g/mol. The number of nitrogens with zero attached hydrogens (tertiary/aromatic N) is 2. The van der Waals surface area contributed by atoms with Crippen LogP contribution in [0.25, 0.3) is 0 Å². The fourth-order valence-corrected chi connectivity index (χ4v) is 2.48. The number of amides is 1. The van der Waals surface area contributed by atoms with Gasteiger partial charge in [-0.25, -0.2) is 0 Å². The van der Waals surface area contributed by atoms with Gasteiger partial charge >= 0.3 is 0 Å². The molecule has 94 valence electrons. The molecule has 0 aromatic rings. The molecule has 2 aliphatic rings. The molecule has 17 heavy (non-hydrogen) atoms. The van der Waals surface area contributed by atoms with Gasteiger partial charge in [0.25, 0.3) is 0 Å². The molecule has 5 nitrogen and oxygen atoms in total. The maximum Gasteiger partial charge on any atom is 0.241 e. The Morgan fingerprint density at radius 1 is 1.65 bits per heavy atom. The highest BCUT2D eigenvalue weighted by atomic mass is 16.3. The molecule has 1 saturated heterocycles. The van der Waals surface area contributed by atoms with E-state index in [0.717, 1.165) is 12.8 Å². The number of likely N-dealkylation sites (tertiary alicyclic amines) is 1. The van der Waals surface area contributed by atoms with Crippen LogP contribution in [0.3, 0.4) is 0 Å². The van der Waals surface area contributed by atoms with Gasteiger partial charge in [0.05, 0.1) is 18.7 Å². The minimum atomic E-state index is -0.748. The van der Waals surface area contributed by atoms with Crippen LogP contribution >= 0.6 is 0 Å². The van der Waals surface area contributed by atoms with E-state index in [4.69, 9.17) is 11.0 Å². The summed E-state index contributed by atoms with van der Waals surface area (Å²) in [5.41, 5.74) is 5.27. The highest BCUT2D eigenvalue weighted by Gasteiger charge is 2.55. The summed E-state index contributed by atoms with van der Waals surface area (Å²) in [4.78, 5) is 13.9. The van der Waals surface area contributed by atoms with Crippen molar-refractivity contribution in [3.05, 3.63) is 0 Å². The predicted octanol–water partition coefficient (Wildman–Crippen LogP) is -0.155. The highest BCUT2D eigenvalue weighted by Crippen LogP contribution is 2.48. The zero-order valence-corrected chi connectivity index (χ0v) is 10.3. The minimum absolute atomic E-state index is 0.140. The lowest BCUT2D eigenvalue weighted by Gasteiger charge is -2.33.